The van der Waals surface area contributed by atoms with Gasteiger partial charge >= 0.3 is 302 Å². The van der Waals surface area contributed by atoms with Gasteiger partial charge < -0.3 is 0 Å². The van der Waals surface area contributed by atoms with Crippen molar-refractivity contribution in [3.8, 4) is 11.5 Å². The molecule has 1 fully saturated rings. The predicted molar refractivity (Wildman–Crippen MR) is 207 cm³/mol. The molecule has 0 radical (unpaired) electrons. The standard InChI is InChI=1S/C42H68O2S2.Ti/c1-27(2)41(11,12)33-23-31(39(5,6)7)21-29(37(33)43)25-45-35-19-17-15-16-18-20-36(35)46-26-30-22-32(40(8,9)10)24-34(38(30)44)42(13,14)28(3)4;/h21-24,27-28,35-36,43-44H,15-20,25-26H2,1-14H3;/t35-,36-;/m0./s1. The summed E-state index contributed by atoms with van der Waals surface area (Å²) in [5.74, 6) is 4.09. The van der Waals surface area contributed by atoms with E-state index in [0.717, 1.165) is 33.1 Å². The molecular formula is C42H68O2S2Ti. The van der Waals surface area contributed by atoms with Crippen LogP contribution in [0.5, 0.6) is 11.5 Å². The Labute approximate surface area is 299 Å². The van der Waals surface area contributed by atoms with Crippen LogP contribution in [0, 0.1) is 11.8 Å². The Morgan fingerprint density at radius 1 is 0.596 bits per heavy atom. The molecule has 2 N–H and O–H groups in total. The fourth-order valence-electron chi connectivity index (χ4n) is 7.02. The third-order valence-electron chi connectivity index (χ3n) is 12.1. The van der Waals surface area contributed by atoms with E-state index >= 15 is 0 Å². The number of aromatic hydroxyl groups is 2. The summed E-state index contributed by atoms with van der Waals surface area (Å²) in [7, 11) is 0.657. The van der Waals surface area contributed by atoms with Crippen molar-refractivity contribution in [3.63, 3.8) is 0 Å². The van der Waals surface area contributed by atoms with E-state index in [9.17, 15) is 10.2 Å². The molecule has 2 nitrogen and oxygen atoms in total. The van der Waals surface area contributed by atoms with Gasteiger partial charge in [0.05, 0.1) is 0 Å². The van der Waals surface area contributed by atoms with Crippen LogP contribution in [0.2, 0.25) is 0 Å². The molecule has 4 atom stereocenters. The number of hydrogen-bond donors (Lipinski definition) is 2. The summed E-state index contributed by atoms with van der Waals surface area (Å²) in [6, 6.07) is 9.39. The van der Waals surface area contributed by atoms with Crippen LogP contribution in [-0.2, 0) is 48.6 Å². The molecule has 0 aromatic heterocycles. The van der Waals surface area contributed by atoms with E-state index < -0.39 is 0 Å². The van der Waals surface area contributed by atoms with Gasteiger partial charge in [-0.3, -0.25) is 0 Å². The molecule has 0 amide bonds. The first-order chi connectivity index (χ1) is 21.6. The summed E-state index contributed by atoms with van der Waals surface area (Å²) in [5.41, 5.74) is 7.26. The van der Waals surface area contributed by atoms with Crippen molar-refractivity contribution in [2.24, 2.45) is 11.8 Å². The zero-order valence-corrected chi connectivity index (χ0v) is 35.7. The molecule has 2 aliphatic rings. The minimum absolute atomic E-state index is 0.0312. The Kier molecular flexibility index (Phi) is 12.2. The van der Waals surface area contributed by atoms with Crippen LogP contribution in [-0.4, -0.2) is 20.7 Å². The van der Waals surface area contributed by atoms with Crippen LogP contribution in [0.3, 0.4) is 0 Å². The van der Waals surface area contributed by atoms with E-state index in [4.69, 9.17) is 0 Å². The van der Waals surface area contributed by atoms with E-state index in [2.05, 4.69) is 121 Å². The molecule has 2 unspecified atom stereocenters. The first-order valence-corrected chi connectivity index (χ1v) is 25.2. The van der Waals surface area contributed by atoms with E-state index in [1.807, 2.05) is 0 Å². The maximum absolute atomic E-state index is 12.0. The van der Waals surface area contributed by atoms with Crippen molar-refractivity contribution >= 4 is 15.9 Å². The SMILES string of the molecule is CC(C)C(C)(C)c1cc(C(C)(C)C)cc(C[S]2=[Ti]=[S](Cc3cc(C(C)(C)C)cc(C(C)(C)C(C)C)c3O)[C@H]3CCCCCC[C@@H]32)c1O. The molecule has 1 aliphatic carbocycles. The molecular weight excluding hydrogens is 648 g/mol. The van der Waals surface area contributed by atoms with E-state index in [1.165, 1.54) is 60.8 Å². The second kappa shape index (κ2) is 14.6. The second-order valence-electron chi connectivity index (χ2n) is 18.6. The molecule has 47 heavy (non-hydrogen) atoms. The Morgan fingerprint density at radius 2 is 0.936 bits per heavy atom. The Bertz CT molecular complexity index is 1420. The molecule has 1 aliphatic heterocycles. The summed E-state index contributed by atoms with van der Waals surface area (Å²) in [5, 5.41) is 25.6. The fourth-order valence-corrected chi connectivity index (χ4v) is 27.8. The van der Waals surface area contributed by atoms with Gasteiger partial charge in [0.1, 0.15) is 0 Å². The van der Waals surface area contributed by atoms with Gasteiger partial charge in [0.2, 0.25) is 0 Å². The molecule has 264 valence electrons. The van der Waals surface area contributed by atoms with Gasteiger partial charge in [-0.1, -0.05) is 0 Å². The molecule has 0 saturated heterocycles. The van der Waals surface area contributed by atoms with Crippen molar-refractivity contribution < 1.29 is 25.7 Å². The number of benzene rings is 2. The fraction of sp³-hybridized carbons (Fsp3) is 0.714. The third kappa shape index (κ3) is 8.51. The van der Waals surface area contributed by atoms with E-state index in [1.54, 1.807) is 0 Å². The van der Waals surface area contributed by atoms with Crippen molar-refractivity contribution in [2.75, 3.05) is 0 Å². The first kappa shape index (κ1) is 39.2. The zero-order chi connectivity index (χ0) is 35.3. The van der Waals surface area contributed by atoms with Crippen LogP contribution in [0.15, 0.2) is 24.3 Å². The molecule has 0 spiro atoms. The summed E-state index contributed by atoms with van der Waals surface area (Å²) in [4.78, 5) is 0. The van der Waals surface area contributed by atoms with Crippen LogP contribution < -0.4 is 0 Å². The molecule has 5 heteroatoms. The molecule has 2 aromatic rings. The van der Waals surface area contributed by atoms with Crippen molar-refractivity contribution in [1.82, 2.24) is 0 Å². The molecule has 1 heterocycles. The molecule has 1 saturated carbocycles. The summed E-state index contributed by atoms with van der Waals surface area (Å²) in [6.45, 7) is 32.3. The van der Waals surface area contributed by atoms with Gasteiger partial charge in [-0.05, 0) is 0 Å². The molecule has 2 aromatic carbocycles. The van der Waals surface area contributed by atoms with Crippen molar-refractivity contribution in [1.29, 1.82) is 0 Å². The second-order valence-corrected chi connectivity index (χ2v) is 30.0. The number of hydrogen-bond acceptors (Lipinski definition) is 2. The van der Waals surface area contributed by atoms with Crippen LogP contribution in [0.25, 0.3) is 0 Å². The van der Waals surface area contributed by atoms with Gasteiger partial charge in [0.15, 0.2) is 0 Å². The number of phenols is 2. The molecule has 4 rings (SSSR count). The minimum atomic E-state index is -0.272. The Balaban J connectivity index is 1.89. The van der Waals surface area contributed by atoms with Crippen LogP contribution >= 0.6 is 15.9 Å². The van der Waals surface area contributed by atoms with Crippen molar-refractivity contribution in [3.05, 3.63) is 57.6 Å². The van der Waals surface area contributed by atoms with Gasteiger partial charge in [-0.25, -0.2) is 0 Å². The topological polar surface area (TPSA) is 40.5 Å². The normalized spacial score (nSPS) is 22.9. The predicted octanol–water partition coefficient (Wildman–Crippen LogP) is 12.8. The number of phenolic OH excluding ortho intramolecular Hbond substituents is 2. The van der Waals surface area contributed by atoms with Crippen LogP contribution in [0.1, 0.15) is 169 Å². The van der Waals surface area contributed by atoms with Gasteiger partial charge in [0.25, 0.3) is 0 Å². The summed E-state index contributed by atoms with van der Waals surface area (Å²) < 4.78 is 0. The average molecular weight is 717 g/mol. The Hall–Kier alpha value is -0.546. The zero-order valence-electron chi connectivity index (χ0n) is 32.5. The van der Waals surface area contributed by atoms with Gasteiger partial charge in [-0.2, -0.15) is 0 Å². The van der Waals surface area contributed by atoms with Gasteiger partial charge in [-0.15, -0.1) is 0 Å². The van der Waals surface area contributed by atoms with Gasteiger partial charge in [0, 0.05) is 0 Å². The number of fused-ring (bicyclic) bond motifs is 1. The molecule has 0 bridgehead atoms. The van der Waals surface area contributed by atoms with E-state index in [-0.39, 0.29) is 37.1 Å². The van der Waals surface area contributed by atoms with Crippen molar-refractivity contribution in [2.45, 2.75) is 179 Å². The number of rotatable bonds is 8. The average Bonchev–Trinajstić information content (AvgIpc) is 3.22. The summed E-state index contributed by atoms with van der Waals surface area (Å²) >= 11 is -0.272. The van der Waals surface area contributed by atoms with E-state index in [0.29, 0.717) is 39.3 Å². The third-order valence-corrected chi connectivity index (χ3v) is 28.0. The summed E-state index contributed by atoms with van der Waals surface area (Å²) in [6.07, 6.45) is 8.15. The van der Waals surface area contributed by atoms with Crippen LogP contribution in [0.4, 0.5) is 0 Å². The maximum atomic E-state index is 12.0. The first-order valence-electron chi connectivity index (χ1n) is 18.5. The monoisotopic (exact) mass is 716 g/mol. The quantitative estimate of drug-likeness (QED) is 0.267. The Morgan fingerprint density at radius 3 is 1.23 bits per heavy atom.